The second-order valence-electron chi connectivity index (χ2n) is 0.920. The SMILES string of the molecule is [CH2-]N=C(N[CH2-])NC#N.[CH3-].[Y].[Y].[Y].[Y].[Y].[Y].[Y].[Y].[Y].[Y].[Y]. The van der Waals surface area contributed by atoms with Crippen LogP contribution in [0.2, 0.25) is 0 Å². The zero-order valence-electron chi connectivity index (χ0n) is 11.7. The summed E-state index contributed by atoms with van der Waals surface area (Å²) in [4.78, 5) is 3.36. The van der Waals surface area contributed by atoms with E-state index in [-0.39, 0.29) is 373 Å². The van der Waals surface area contributed by atoms with Gasteiger partial charge in [-0.1, -0.05) is 0 Å². The Kier molecular flexibility index (Phi) is 337. The van der Waals surface area contributed by atoms with Crippen molar-refractivity contribution in [3.8, 4) is 6.19 Å². The fraction of sp³-hybridized carbons (Fsp3) is 0. The Morgan fingerprint density at radius 1 is 0.800 bits per heavy atom. The largest absolute Gasteiger partial charge is 0.587 e. The summed E-state index contributed by atoms with van der Waals surface area (Å²) >= 11 is 0. The summed E-state index contributed by atoms with van der Waals surface area (Å²) < 4.78 is 0. The maximum atomic E-state index is 7.96. The molecule has 0 fully saturated rings. The molecule has 0 rings (SSSR count). The summed E-state index contributed by atoms with van der Waals surface area (Å²) in [5.41, 5.74) is 0. The van der Waals surface area contributed by atoms with E-state index in [0.717, 1.165) is 0 Å². The molecule has 2 N–H and O–H groups in total. The maximum Gasteiger partial charge on any atom is 0.166 e. The van der Waals surface area contributed by atoms with Gasteiger partial charge in [-0.15, -0.1) is 0 Å². The van der Waals surface area contributed by atoms with Crippen molar-refractivity contribution >= 4 is 5.96 Å². The number of nitrogens with zero attached hydrogens (tertiary/aromatic N) is 2. The Balaban J connectivity index is -0.00000000371. The Morgan fingerprint density at radius 3 is 1.10 bits per heavy atom. The minimum Gasteiger partial charge on any atom is -0.587 e. The standard InChI is InChI=1S/C4H6N4.CH3.11Y/c1-6-4(7-2)8-3-5;;;;;;;;;;;;/h1-2H2,(H2,6,7,8);1H3;;;;;;;;;;;/q-2;-1;;;;;;;;;;;. The van der Waals surface area contributed by atoms with Crippen molar-refractivity contribution in [1.29, 1.82) is 5.26 Å². The number of rotatable bonds is 0. The zero-order chi connectivity index (χ0) is 6.41. The van der Waals surface area contributed by atoms with Crippen molar-refractivity contribution in [2.45, 2.75) is 0 Å². The van der Waals surface area contributed by atoms with E-state index in [1.165, 1.54) is 0 Å². The Labute approximate surface area is 401 Å². The fourth-order valence-electron chi connectivity index (χ4n) is 0.193. The molecule has 0 heterocycles. The van der Waals surface area contributed by atoms with Crippen molar-refractivity contribution in [2.24, 2.45) is 4.99 Å². The van der Waals surface area contributed by atoms with Crippen molar-refractivity contribution in [2.75, 3.05) is 0 Å². The summed E-state index contributed by atoms with van der Waals surface area (Å²) in [6.07, 6.45) is 1.65. The molecule has 20 heavy (non-hydrogen) atoms. The van der Waals surface area contributed by atoms with Crippen molar-refractivity contribution in [1.82, 2.24) is 10.6 Å². The molecule has 4 nitrogen and oxygen atoms in total. The first-order chi connectivity index (χ1) is 3.85. The van der Waals surface area contributed by atoms with E-state index in [4.69, 9.17) is 5.26 Å². The molecule has 11 radical (unpaired) electrons. The molecule has 0 aromatic rings. The van der Waals surface area contributed by atoms with Gasteiger partial charge in [0.25, 0.3) is 0 Å². The molecule has 0 aromatic carbocycles. The van der Waals surface area contributed by atoms with Crippen LogP contribution in [0.1, 0.15) is 0 Å². The van der Waals surface area contributed by atoms with Gasteiger partial charge in [0.2, 0.25) is 0 Å². The molecule has 0 saturated heterocycles. The molecule has 0 spiro atoms. The van der Waals surface area contributed by atoms with Crippen LogP contribution in [-0.2, 0) is 360 Å². The third-order valence-corrected chi connectivity index (χ3v) is 0.500. The van der Waals surface area contributed by atoms with Gasteiger partial charge in [-0.25, -0.2) is 0 Å². The molecule has 0 amide bonds. The van der Waals surface area contributed by atoms with Crippen LogP contribution in [0.4, 0.5) is 0 Å². The van der Waals surface area contributed by atoms with Crippen LogP contribution in [0, 0.1) is 33.0 Å². The molecule has 0 bridgehead atoms. The molecule has 0 unspecified atom stereocenters. The predicted octanol–water partition coefficient (Wildman–Crippen LogP) is 0.00865. The van der Waals surface area contributed by atoms with Crippen LogP contribution in [0.5, 0.6) is 0 Å². The molecular formula is C5H9N4Y11-3. The number of nitrogens with one attached hydrogen (secondary N) is 2. The van der Waals surface area contributed by atoms with Gasteiger partial charge in [-0.2, -0.15) is 12.3 Å². The molecule has 0 aromatic heterocycles. The number of hydrogen-bond donors (Lipinski definition) is 2. The van der Waals surface area contributed by atoms with Crippen LogP contribution < -0.4 is 10.6 Å². The van der Waals surface area contributed by atoms with Gasteiger partial charge in [0, 0.05) is 366 Å². The quantitative estimate of drug-likeness (QED) is 0.118. The summed E-state index contributed by atoms with van der Waals surface area (Å²) in [5, 5.41) is 12.5. The summed E-state index contributed by atoms with van der Waals surface area (Å²) in [7, 11) is 6.39. The number of hydrogen-bond acceptors (Lipinski definition) is 2. The minimum atomic E-state index is 0. The average Bonchev–Trinajstić information content (AvgIpc) is 1.83. The van der Waals surface area contributed by atoms with Crippen LogP contribution in [0.25, 0.3) is 0 Å². The Hall–Kier alpha value is 10.8. The maximum absolute atomic E-state index is 7.96. The molecule has 0 atom stereocenters. The summed E-state index contributed by atoms with van der Waals surface area (Å²) in [5.74, 6) is 0.257. The topological polar surface area (TPSA) is 60.2 Å². The van der Waals surface area contributed by atoms with Gasteiger partial charge in [0.1, 0.15) is 0 Å². The van der Waals surface area contributed by atoms with E-state index < -0.39 is 0 Å². The van der Waals surface area contributed by atoms with Crippen LogP contribution in [0.15, 0.2) is 4.99 Å². The van der Waals surface area contributed by atoms with Crippen molar-refractivity contribution in [3.63, 3.8) is 0 Å². The molecule has 15 heteroatoms. The second kappa shape index (κ2) is 78.0. The van der Waals surface area contributed by atoms with Crippen molar-refractivity contribution in [3.05, 3.63) is 21.5 Å². The van der Waals surface area contributed by atoms with Gasteiger partial charge in [0.15, 0.2) is 6.19 Å². The Morgan fingerprint density at radius 2 is 1.05 bits per heavy atom. The zero-order valence-corrected chi connectivity index (χ0v) is 42.9. The van der Waals surface area contributed by atoms with Gasteiger partial charge >= 0.3 is 0 Å². The van der Waals surface area contributed by atoms with E-state index in [0.29, 0.717) is 0 Å². The molecule has 0 saturated carbocycles. The van der Waals surface area contributed by atoms with Gasteiger partial charge in [0.05, 0.1) is 0 Å². The number of aliphatic imine (C=N–C) groups is 1. The van der Waals surface area contributed by atoms with Crippen LogP contribution in [0.3, 0.4) is 0 Å². The van der Waals surface area contributed by atoms with Gasteiger partial charge < -0.3 is 23.1 Å². The minimum absolute atomic E-state index is 0. The third kappa shape index (κ3) is 70.3. The van der Waals surface area contributed by atoms with Crippen LogP contribution in [-0.4, -0.2) is 5.96 Å². The first-order valence-electron chi connectivity index (χ1n) is 1.87. The van der Waals surface area contributed by atoms with Gasteiger partial charge in [-0.3, -0.25) is 7.05 Å². The number of nitriles is 1. The van der Waals surface area contributed by atoms with E-state index in [9.17, 15) is 0 Å². The summed E-state index contributed by atoms with van der Waals surface area (Å²) in [6.45, 7) is 0. The number of guanidine groups is 1. The summed E-state index contributed by atoms with van der Waals surface area (Å²) in [6, 6.07) is 0. The van der Waals surface area contributed by atoms with E-state index in [1.807, 2.05) is 0 Å². The van der Waals surface area contributed by atoms with Crippen LogP contribution >= 0.6 is 0 Å². The first kappa shape index (κ1) is 86.4. The molecule has 0 aliphatic rings. The molecule has 85 valence electrons. The molecule has 0 aliphatic heterocycles. The second-order valence-corrected chi connectivity index (χ2v) is 0.920. The Bertz CT molecular complexity index is 141. The predicted molar refractivity (Wildman–Crippen MR) is 36.4 cm³/mol. The van der Waals surface area contributed by atoms with Gasteiger partial charge in [-0.05, 0) is 0 Å². The third-order valence-electron chi connectivity index (χ3n) is 0.500. The van der Waals surface area contributed by atoms with E-state index in [1.54, 1.807) is 6.19 Å². The monoisotopic (exact) mass is 1100 g/mol. The van der Waals surface area contributed by atoms with E-state index >= 15 is 0 Å². The first-order valence-corrected chi connectivity index (χ1v) is 1.87. The molecule has 0 aliphatic carbocycles. The van der Waals surface area contributed by atoms with E-state index in [2.05, 4.69) is 29.7 Å². The normalized spacial score (nSPS) is 3.90. The average molecular weight is 1100 g/mol. The van der Waals surface area contributed by atoms with Crippen molar-refractivity contribution < 1.29 is 360 Å². The fourth-order valence-corrected chi connectivity index (χ4v) is 0.193. The molecular weight excluding hydrogens is 1090 g/mol. The smallest absolute Gasteiger partial charge is 0.166 e.